The minimum Gasteiger partial charge on any atom is -0.374 e. The summed E-state index contributed by atoms with van der Waals surface area (Å²) in [6.45, 7) is 7.82. The van der Waals surface area contributed by atoms with Gasteiger partial charge < -0.3 is 9.64 Å². The second-order valence-corrected chi connectivity index (χ2v) is 15.6. The molecule has 0 amide bonds. The van der Waals surface area contributed by atoms with E-state index in [0.29, 0.717) is 42.7 Å². The number of rotatable bonds is 1. The largest absolute Gasteiger partial charge is 0.374 e. The van der Waals surface area contributed by atoms with Crippen LogP contribution < -0.4 is 5.46 Å². The average molecular weight is 515 g/mol. The summed E-state index contributed by atoms with van der Waals surface area (Å²) in [5.74, 6) is 4.76. The van der Waals surface area contributed by atoms with Crippen LogP contribution in [0.5, 0.6) is 0 Å². The molecule has 4 aliphatic carbocycles. The molecule has 8 aliphatic rings. The summed E-state index contributed by atoms with van der Waals surface area (Å²) in [4.78, 5) is 8.83. The zero-order valence-electron chi connectivity index (χ0n) is 22.9. The molecular weight excluding hydrogens is 471 g/mol. The van der Waals surface area contributed by atoms with Gasteiger partial charge in [-0.05, 0) is 75.8 Å². The van der Waals surface area contributed by atoms with Gasteiger partial charge in [-0.1, -0.05) is 84.6 Å². The van der Waals surface area contributed by atoms with Gasteiger partial charge in [0.25, 0.3) is 0 Å². The fourth-order valence-corrected chi connectivity index (χ4v) is 13.7. The molecule has 0 N–H and O–H groups in total. The summed E-state index contributed by atoms with van der Waals surface area (Å²) in [5, 5.41) is 2.30. The first kappa shape index (κ1) is 22.8. The Bertz CT molecular complexity index is 1150. The van der Waals surface area contributed by atoms with Crippen LogP contribution in [-0.4, -0.2) is 52.4 Å². The summed E-state index contributed by atoms with van der Waals surface area (Å²) >= 11 is 2.24. The maximum absolute atomic E-state index is 7.02. The predicted molar refractivity (Wildman–Crippen MR) is 154 cm³/mol. The van der Waals surface area contributed by atoms with Crippen molar-refractivity contribution in [1.29, 1.82) is 0 Å². The first-order valence-corrected chi connectivity index (χ1v) is 16.7. The Hall–Kier alpha value is -0.935. The van der Waals surface area contributed by atoms with E-state index < -0.39 is 0 Å². The molecule has 0 aromatic heterocycles. The highest BCUT2D eigenvalue weighted by molar-refractivity contribution is 8.14. The van der Waals surface area contributed by atoms with Gasteiger partial charge in [-0.15, -0.1) is 0 Å². The molecule has 4 heterocycles. The molecule has 5 heteroatoms. The maximum atomic E-state index is 7.02. The van der Waals surface area contributed by atoms with Crippen molar-refractivity contribution in [3.8, 4) is 0 Å². The first-order chi connectivity index (χ1) is 18.1. The molecule has 12 unspecified atom stereocenters. The molecule has 196 valence electrons. The van der Waals surface area contributed by atoms with E-state index in [0.717, 1.165) is 34.9 Å². The van der Waals surface area contributed by atoms with Gasteiger partial charge in [0, 0.05) is 17.2 Å². The van der Waals surface area contributed by atoms with Gasteiger partial charge >= 0.3 is 0 Å². The second kappa shape index (κ2) is 8.06. The van der Waals surface area contributed by atoms with Crippen LogP contribution in [0.1, 0.15) is 80.9 Å². The second-order valence-electron chi connectivity index (χ2n) is 14.4. The van der Waals surface area contributed by atoms with Crippen LogP contribution in [0.2, 0.25) is 11.6 Å². The summed E-state index contributed by atoms with van der Waals surface area (Å²) in [7, 11) is 0. The van der Waals surface area contributed by atoms with Crippen LogP contribution in [0.25, 0.3) is 0 Å². The molecule has 9 rings (SSSR count). The van der Waals surface area contributed by atoms with Crippen molar-refractivity contribution in [2.24, 2.45) is 28.7 Å². The van der Waals surface area contributed by atoms with Crippen molar-refractivity contribution in [3.05, 3.63) is 28.8 Å². The number of aliphatic imine (C=N–C) groups is 1. The Morgan fingerprint density at radius 3 is 2.57 bits per heavy atom. The zero-order chi connectivity index (χ0) is 24.6. The van der Waals surface area contributed by atoms with Crippen LogP contribution in [0, 0.1) is 44.4 Å². The number of fused-ring (bicyclic) bond motifs is 4. The van der Waals surface area contributed by atoms with Gasteiger partial charge in [0.05, 0.1) is 24.3 Å². The number of benzene rings is 1. The van der Waals surface area contributed by atoms with Gasteiger partial charge in [0.2, 0.25) is 0 Å². The molecule has 12 atom stereocenters. The maximum Gasteiger partial charge on any atom is 0.187 e. The molecule has 1 aromatic rings. The van der Waals surface area contributed by atoms with Gasteiger partial charge in [-0.2, -0.15) is 0 Å². The molecule has 3 nitrogen and oxygen atoms in total. The number of hydrogen-bond donors (Lipinski definition) is 0. The molecule has 3 saturated heterocycles. The topological polar surface area (TPSA) is 24.8 Å². The minimum absolute atomic E-state index is 0.443. The number of thioether (sulfide) groups is 1. The van der Waals surface area contributed by atoms with E-state index in [4.69, 9.17) is 9.73 Å². The van der Waals surface area contributed by atoms with Crippen molar-refractivity contribution in [2.45, 2.75) is 132 Å². The van der Waals surface area contributed by atoms with Crippen LogP contribution in [0.4, 0.5) is 0 Å². The smallest absolute Gasteiger partial charge is 0.187 e. The first-order valence-electron chi connectivity index (χ1n) is 15.8. The van der Waals surface area contributed by atoms with Gasteiger partial charge in [0.1, 0.15) is 0 Å². The summed E-state index contributed by atoms with van der Waals surface area (Å²) in [6, 6.07) is 6.82. The van der Waals surface area contributed by atoms with E-state index in [-0.39, 0.29) is 0 Å². The van der Waals surface area contributed by atoms with E-state index in [1.165, 1.54) is 74.9 Å². The van der Waals surface area contributed by atoms with E-state index in [1.54, 1.807) is 16.6 Å². The summed E-state index contributed by atoms with van der Waals surface area (Å²) < 4.78 is 7.02. The number of aryl methyl sites for hydroxylation is 3. The normalized spacial score (nSPS) is 48.8. The Kier molecular flexibility index (Phi) is 4.97. The fourth-order valence-electron chi connectivity index (χ4n) is 12.0. The molecule has 0 bridgehead atoms. The van der Waals surface area contributed by atoms with E-state index in [1.807, 2.05) is 0 Å². The van der Waals surface area contributed by atoms with Crippen molar-refractivity contribution in [3.63, 3.8) is 0 Å². The van der Waals surface area contributed by atoms with Crippen molar-refractivity contribution in [2.75, 3.05) is 0 Å². The third kappa shape index (κ3) is 3.00. The number of hydrogen-bond acceptors (Lipinski definition) is 4. The minimum atomic E-state index is 0.443. The lowest BCUT2D eigenvalue weighted by Gasteiger charge is -2.64. The SMILES string of the molecule is Cc1cc(C)c(B2C3CC4OC5CCCCC5C4C4N=C5SC6CCCC7CCC2C(C76)N5C34)c(C)c1. The number of ether oxygens (including phenoxy) is 1. The van der Waals surface area contributed by atoms with Crippen LogP contribution in [0.15, 0.2) is 17.1 Å². The number of nitrogens with zero attached hydrogens (tertiary/aromatic N) is 2. The highest BCUT2D eigenvalue weighted by Gasteiger charge is 2.68. The molecule has 37 heavy (non-hydrogen) atoms. The Balaban J connectivity index is 1.22. The third-order valence-corrected chi connectivity index (χ3v) is 14.2. The highest BCUT2D eigenvalue weighted by Crippen LogP contribution is 2.65. The quantitative estimate of drug-likeness (QED) is 0.421. The summed E-state index contributed by atoms with van der Waals surface area (Å²) in [6.07, 6.45) is 15.0. The Labute approximate surface area is 228 Å². The standard InChI is InChI=1S/C32H43BN2OS/c1-16-13-17(2)28(18(3)14-16)33-21-12-11-19-7-6-10-25-26(19)30(21)35-31-22(33)15-24-27(29(31)34-32(35)37-25)20-8-4-5-9-23(20)36-24/h13-14,19-27,29-31H,4-12,15H2,1-3H3. The molecule has 1 aromatic carbocycles. The van der Waals surface area contributed by atoms with E-state index >= 15 is 0 Å². The van der Waals surface area contributed by atoms with Crippen LogP contribution >= 0.6 is 11.8 Å². The highest BCUT2D eigenvalue weighted by atomic mass is 32.2. The lowest BCUT2D eigenvalue weighted by molar-refractivity contribution is -0.0178. The van der Waals surface area contributed by atoms with Crippen LogP contribution in [-0.2, 0) is 4.74 Å². The Morgan fingerprint density at radius 1 is 0.865 bits per heavy atom. The molecule has 7 fully saturated rings. The molecule has 0 radical (unpaired) electrons. The molecule has 4 saturated carbocycles. The molecule has 0 spiro atoms. The van der Waals surface area contributed by atoms with Gasteiger partial charge in [-0.3, -0.25) is 4.99 Å². The van der Waals surface area contributed by atoms with Crippen molar-refractivity contribution >= 4 is 29.1 Å². The lowest BCUT2D eigenvalue weighted by Crippen LogP contribution is -2.72. The van der Waals surface area contributed by atoms with E-state index in [9.17, 15) is 0 Å². The van der Waals surface area contributed by atoms with Crippen molar-refractivity contribution < 1.29 is 4.74 Å². The van der Waals surface area contributed by atoms with Gasteiger partial charge in [0.15, 0.2) is 11.9 Å². The van der Waals surface area contributed by atoms with Gasteiger partial charge in [-0.25, -0.2) is 0 Å². The Morgan fingerprint density at radius 2 is 1.70 bits per heavy atom. The fraction of sp³-hybridized carbons (Fsp3) is 0.781. The summed E-state index contributed by atoms with van der Waals surface area (Å²) in [5.41, 5.74) is 6.27. The molecular formula is C32H43BN2OS. The number of amidine groups is 1. The third-order valence-electron chi connectivity index (χ3n) is 12.8. The zero-order valence-corrected chi connectivity index (χ0v) is 23.8. The van der Waals surface area contributed by atoms with Crippen molar-refractivity contribution in [1.82, 2.24) is 4.90 Å². The monoisotopic (exact) mass is 514 g/mol. The molecule has 4 aliphatic heterocycles. The van der Waals surface area contributed by atoms with Crippen LogP contribution in [0.3, 0.4) is 0 Å². The van der Waals surface area contributed by atoms with E-state index in [2.05, 4.69) is 49.6 Å². The predicted octanol–water partition coefficient (Wildman–Crippen LogP) is 6.15. The lowest BCUT2D eigenvalue weighted by atomic mass is 9.22. The average Bonchev–Trinajstić information content (AvgIpc) is 3.44.